The Kier molecular flexibility index (Phi) is 7.61. The number of aromatic amines is 1. The molecular weight excluding hydrogens is 422 g/mol. The van der Waals surface area contributed by atoms with Gasteiger partial charge in [0.05, 0.1) is 12.6 Å². The first kappa shape index (κ1) is 22.6. The number of carbonyl (C=O) groups excluding carboxylic acids is 1. The van der Waals surface area contributed by atoms with Crippen LogP contribution in [0.2, 0.25) is 5.02 Å². The number of halogens is 1. The van der Waals surface area contributed by atoms with Crippen molar-refractivity contribution in [3.63, 3.8) is 0 Å². The minimum Gasteiger partial charge on any atom is -0.382 e. The van der Waals surface area contributed by atoms with Gasteiger partial charge >= 0.3 is 0 Å². The molecule has 1 aromatic heterocycles. The second kappa shape index (κ2) is 10.8. The topological polar surface area (TPSA) is 67.0 Å². The molecule has 168 valence electrons. The molecule has 1 aliphatic rings. The molecular formula is C26H30ClN3O2. The van der Waals surface area contributed by atoms with E-state index in [4.69, 9.17) is 16.3 Å². The smallest absolute Gasteiger partial charge is 0.272 e. The Hall–Kier alpha value is -2.63. The van der Waals surface area contributed by atoms with Crippen molar-refractivity contribution in [1.82, 2.24) is 15.5 Å². The normalized spacial score (nSPS) is 17.1. The molecule has 1 amide bonds. The molecule has 2 aromatic carbocycles. The Bertz CT molecular complexity index is 1030. The Morgan fingerprint density at radius 3 is 2.81 bits per heavy atom. The Morgan fingerprint density at radius 1 is 1.19 bits per heavy atom. The van der Waals surface area contributed by atoms with E-state index in [1.807, 2.05) is 48.5 Å². The van der Waals surface area contributed by atoms with E-state index in [-0.39, 0.29) is 11.9 Å². The molecule has 0 unspecified atom stereocenters. The molecule has 2 atom stereocenters. The average Bonchev–Trinajstić information content (AvgIpc) is 3.20. The van der Waals surface area contributed by atoms with Crippen LogP contribution < -0.4 is 5.32 Å². The number of nitrogens with one attached hydrogen (secondary N) is 2. The second-order valence-electron chi connectivity index (χ2n) is 8.49. The summed E-state index contributed by atoms with van der Waals surface area (Å²) in [6.45, 7) is 0.403. The summed E-state index contributed by atoms with van der Waals surface area (Å²) in [5.74, 6) is 0.136. The van der Waals surface area contributed by atoms with Gasteiger partial charge in [0.25, 0.3) is 5.91 Å². The fourth-order valence-electron chi connectivity index (χ4n) is 4.62. The molecule has 0 bridgehead atoms. The molecule has 0 saturated carbocycles. The summed E-state index contributed by atoms with van der Waals surface area (Å²) in [6.07, 6.45) is 6.22. The van der Waals surface area contributed by atoms with Gasteiger partial charge in [-0.1, -0.05) is 66.9 Å². The summed E-state index contributed by atoms with van der Waals surface area (Å²) in [6, 6.07) is 17.7. The third-order valence-electron chi connectivity index (χ3n) is 6.21. The SMILES string of the molecule is COC[C@H](NC(=O)c1n[nH]c2c1CCCCC[C@@H]2Cc1cccc(Cl)c1)c1ccccc1. The largest absolute Gasteiger partial charge is 0.382 e. The first-order valence-corrected chi connectivity index (χ1v) is 11.7. The highest BCUT2D eigenvalue weighted by Crippen LogP contribution is 2.33. The van der Waals surface area contributed by atoms with Gasteiger partial charge in [-0.2, -0.15) is 5.10 Å². The number of carbonyl (C=O) groups is 1. The lowest BCUT2D eigenvalue weighted by molar-refractivity contribution is 0.0890. The van der Waals surface area contributed by atoms with Crippen molar-refractivity contribution in [3.05, 3.63) is 87.7 Å². The maximum absolute atomic E-state index is 13.3. The van der Waals surface area contributed by atoms with Gasteiger partial charge in [-0.3, -0.25) is 9.89 Å². The zero-order chi connectivity index (χ0) is 22.3. The summed E-state index contributed by atoms with van der Waals surface area (Å²) < 4.78 is 5.37. The standard InChI is InChI=1S/C26H30ClN3O2/c1-32-17-23(19-10-4-2-5-11-19)28-26(31)25-22-14-7-3-6-12-20(24(22)29-30-25)15-18-9-8-13-21(27)16-18/h2,4-5,8-11,13,16,20,23H,3,6-7,12,14-15,17H2,1H3,(H,28,31)(H,29,30)/t20-,23+/m1/s1. The Balaban J connectivity index is 1.58. The van der Waals surface area contributed by atoms with Crippen molar-refractivity contribution >= 4 is 17.5 Å². The maximum atomic E-state index is 13.3. The lowest BCUT2D eigenvalue weighted by Gasteiger charge is -2.21. The van der Waals surface area contributed by atoms with Crippen LogP contribution in [0.3, 0.4) is 0 Å². The predicted molar refractivity (Wildman–Crippen MR) is 127 cm³/mol. The van der Waals surface area contributed by atoms with Gasteiger partial charge in [-0.15, -0.1) is 0 Å². The van der Waals surface area contributed by atoms with Gasteiger partial charge in [0.15, 0.2) is 5.69 Å². The molecule has 4 rings (SSSR count). The summed E-state index contributed by atoms with van der Waals surface area (Å²) in [4.78, 5) is 13.3. The Labute approximate surface area is 194 Å². The van der Waals surface area contributed by atoms with Gasteiger partial charge in [-0.25, -0.2) is 0 Å². The number of nitrogens with zero attached hydrogens (tertiary/aromatic N) is 1. The number of rotatable bonds is 7. The van der Waals surface area contributed by atoms with Crippen LogP contribution in [0, 0.1) is 0 Å². The predicted octanol–water partition coefficient (Wildman–Crippen LogP) is 5.62. The molecule has 2 N–H and O–H groups in total. The van der Waals surface area contributed by atoms with Gasteiger partial charge in [0.1, 0.15) is 0 Å². The molecule has 0 aliphatic heterocycles. The van der Waals surface area contributed by atoms with Crippen molar-refractivity contribution in [2.24, 2.45) is 0 Å². The van der Waals surface area contributed by atoms with Gasteiger partial charge in [-0.05, 0) is 48.9 Å². The van der Waals surface area contributed by atoms with E-state index in [1.54, 1.807) is 7.11 Å². The molecule has 32 heavy (non-hydrogen) atoms. The molecule has 0 spiro atoms. The van der Waals surface area contributed by atoms with Crippen LogP contribution >= 0.6 is 11.6 Å². The highest BCUT2D eigenvalue weighted by molar-refractivity contribution is 6.30. The third-order valence-corrected chi connectivity index (χ3v) is 6.45. The van der Waals surface area contributed by atoms with Gasteiger partial charge in [0.2, 0.25) is 0 Å². The number of benzene rings is 2. The zero-order valence-electron chi connectivity index (χ0n) is 18.4. The Morgan fingerprint density at radius 2 is 2.03 bits per heavy atom. The van der Waals surface area contributed by atoms with Crippen molar-refractivity contribution in [3.8, 4) is 0 Å². The lowest BCUT2D eigenvalue weighted by Crippen LogP contribution is -2.32. The summed E-state index contributed by atoms with van der Waals surface area (Å²) >= 11 is 6.21. The minimum atomic E-state index is -0.225. The van der Waals surface area contributed by atoms with E-state index in [0.29, 0.717) is 18.2 Å². The van der Waals surface area contributed by atoms with Crippen molar-refractivity contribution in [2.75, 3.05) is 13.7 Å². The molecule has 6 heteroatoms. The van der Waals surface area contributed by atoms with E-state index >= 15 is 0 Å². The summed E-state index contributed by atoms with van der Waals surface area (Å²) in [5.41, 5.74) is 4.88. The average molecular weight is 452 g/mol. The number of H-pyrrole nitrogens is 1. The maximum Gasteiger partial charge on any atom is 0.272 e. The number of ether oxygens (including phenoxy) is 1. The van der Waals surface area contributed by atoms with E-state index in [2.05, 4.69) is 21.6 Å². The molecule has 0 radical (unpaired) electrons. The van der Waals surface area contributed by atoms with Gasteiger partial charge < -0.3 is 10.1 Å². The van der Waals surface area contributed by atoms with Crippen LogP contribution in [0.25, 0.3) is 0 Å². The molecule has 3 aromatic rings. The number of hydrogen-bond acceptors (Lipinski definition) is 3. The van der Waals surface area contributed by atoms with E-state index in [0.717, 1.165) is 53.9 Å². The third kappa shape index (κ3) is 5.40. The van der Waals surface area contributed by atoms with Crippen LogP contribution in [0.15, 0.2) is 54.6 Å². The van der Waals surface area contributed by atoms with Crippen LogP contribution in [0.4, 0.5) is 0 Å². The van der Waals surface area contributed by atoms with Crippen LogP contribution in [0.5, 0.6) is 0 Å². The number of aromatic nitrogens is 2. The molecule has 0 fully saturated rings. The quantitative estimate of drug-likeness (QED) is 0.489. The number of amides is 1. The van der Waals surface area contributed by atoms with Crippen LogP contribution in [-0.4, -0.2) is 29.8 Å². The van der Waals surface area contributed by atoms with Crippen LogP contribution in [-0.2, 0) is 17.6 Å². The zero-order valence-corrected chi connectivity index (χ0v) is 19.2. The highest BCUT2D eigenvalue weighted by Gasteiger charge is 2.27. The molecule has 0 saturated heterocycles. The number of methoxy groups -OCH3 is 1. The first-order valence-electron chi connectivity index (χ1n) is 11.3. The van der Waals surface area contributed by atoms with Crippen LogP contribution in [0.1, 0.15) is 70.5 Å². The number of fused-ring (bicyclic) bond motifs is 1. The fraction of sp³-hybridized carbons (Fsp3) is 0.385. The van der Waals surface area contributed by atoms with Crippen molar-refractivity contribution in [1.29, 1.82) is 0 Å². The first-order chi connectivity index (χ1) is 15.7. The van der Waals surface area contributed by atoms with Gasteiger partial charge in [0, 0.05) is 29.3 Å². The summed E-state index contributed by atoms with van der Waals surface area (Å²) in [7, 11) is 1.65. The summed E-state index contributed by atoms with van der Waals surface area (Å²) in [5, 5.41) is 11.6. The minimum absolute atomic E-state index is 0.157. The molecule has 1 aliphatic carbocycles. The molecule has 5 nitrogen and oxygen atoms in total. The van der Waals surface area contributed by atoms with E-state index in [9.17, 15) is 4.79 Å². The lowest BCUT2D eigenvalue weighted by atomic mass is 9.85. The van der Waals surface area contributed by atoms with Crippen molar-refractivity contribution < 1.29 is 9.53 Å². The monoisotopic (exact) mass is 451 g/mol. The highest BCUT2D eigenvalue weighted by atomic mass is 35.5. The molecule has 1 heterocycles. The second-order valence-corrected chi connectivity index (χ2v) is 8.92. The van der Waals surface area contributed by atoms with E-state index in [1.165, 1.54) is 12.0 Å². The van der Waals surface area contributed by atoms with E-state index < -0.39 is 0 Å². The number of hydrogen-bond donors (Lipinski definition) is 2. The fourth-order valence-corrected chi connectivity index (χ4v) is 4.84. The van der Waals surface area contributed by atoms with Crippen molar-refractivity contribution in [2.45, 2.75) is 50.5 Å².